The van der Waals surface area contributed by atoms with Crippen LogP contribution in [0, 0.1) is 29.1 Å². The number of carbonyl (C=O) groups excluding carboxylic acids is 1. The van der Waals surface area contributed by atoms with Gasteiger partial charge < -0.3 is 18.9 Å². The van der Waals surface area contributed by atoms with E-state index in [1.54, 1.807) is 0 Å². The Labute approximate surface area is 157 Å². The van der Waals surface area contributed by atoms with E-state index in [4.69, 9.17) is 18.9 Å². The SMILES string of the molecule is C[C@@H]1[C@H]2[C@H]3OC(=O)[C@@H](C)[C@@H]3CC[C@@]2(C)CC[C@H]1OCCC1OCCCO1. The van der Waals surface area contributed by atoms with Crippen molar-refractivity contribution in [3.8, 4) is 0 Å². The van der Waals surface area contributed by atoms with Crippen LogP contribution in [-0.4, -0.2) is 44.3 Å². The molecular weight excluding hydrogens is 332 g/mol. The minimum absolute atomic E-state index is 0.00564. The predicted molar refractivity (Wildman–Crippen MR) is 96.4 cm³/mol. The number of fused-ring (bicyclic) bond motifs is 3. The van der Waals surface area contributed by atoms with Crippen LogP contribution in [0.2, 0.25) is 0 Å². The van der Waals surface area contributed by atoms with Gasteiger partial charge in [0.25, 0.3) is 0 Å². The van der Waals surface area contributed by atoms with Crippen LogP contribution in [-0.2, 0) is 23.7 Å². The maximum atomic E-state index is 12.2. The van der Waals surface area contributed by atoms with Crippen LogP contribution < -0.4 is 0 Å². The summed E-state index contributed by atoms with van der Waals surface area (Å²) in [4.78, 5) is 12.2. The Morgan fingerprint density at radius 2 is 1.88 bits per heavy atom. The van der Waals surface area contributed by atoms with Crippen molar-refractivity contribution in [2.75, 3.05) is 19.8 Å². The molecule has 0 spiro atoms. The minimum atomic E-state index is -0.108. The molecule has 26 heavy (non-hydrogen) atoms. The number of carbonyl (C=O) groups is 1. The first-order valence-corrected chi connectivity index (χ1v) is 10.5. The minimum Gasteiger partial charge on any atom is -0.462 e. The van der Waals surface area contributed by atoms with Crippen LogP contribution in [0.1, 0.15) is 59.3 Å². The fraction of sp³-hybridized carbons (Fsp3) is 0.952. The van der Waals surface area contributed by atoms with Crippen molar-refractivity contribution in [1.29, 1.82) is 0 Å². The van der Waals surface area contributed by atoms with E-state index in [9.17, 15) is 4.79 Å². The molecule has 0 bridgehead atoms. The summed E-state index contributed by atoms with van der Waals surface area (Å²) in [5.74, 6) is 1.28. The van der Waals surface area contributed by atoms with Crippen molar-refractivity contribution in [2.45, 2.75) is 77.8 Å². The Morgan fingerprint density at radius 1 is 1.15 bits per heavy atom. The average Bonchev–Trinajstić information content (AvgIpc) is 2.92. The summed E-state index contributed by atoms with van der Waals surface area (Å²) >= 11 is 0. The molecule has 0 aromatic rings. The standard InChI is InChI=1S/C21H34O5/c1-13-15-5-8-21(3)9-6-16(14(2)18(21)19(15)26-20(13)22)23-12-7-17-24-10-4-11-25-17/h13-19H,4-12H2,1-3H3/t13-,14-,15-,16+,18-,19-,21-/m0/s1. The second-order valence-corrected chi connectivity index (χ2v) is 9.19. The average molecular weight is 366 g/mol. The summed E-state index contributed by atoms with van der Waals surface area (Å²) in [7, 11) is 0. The highest BCUT2D eigenvalue weighted by Crippen LogP contribution is 2.58. The number of esters is 1. The van der Waals surface area contributed by atoms with Crippen LogP contribution in [0.3, 0.4) is 0 Å². The van der Waals surface area contributed by atoms with Crippen molar-refractivity contribution in [2.24, 2.45) is 29.1 Å². The van der Waals surface area contributed by atoms with E-state index in [2.05, 4.69) is 13.8 Å². The van der Waals surface area contributed by atoms with Crippen LogP contribution in [0.25, 0.3) is 0 Å². The molecule has 4 aliphatic rings. The first kappa shape index (κ1) is 18.7. The maximum absolute atomic E-state index is 12.2. The Hall–Kier alpha value is -0.650. The molecule has 0 radical (unpaired) electrons. The maximum Gasteiger partial charge on any atom is 0.309 e. The van der Waals surface area contributed by atoms with Crippen molar-refractivity contribution >= 4 is 5.97 Å². The van der Waals surface area contributed by atoms with E-state index in [0.29, 0.717) is 24.4 Å². The first-order valence-electron chi connectivity index (χ1n) is 10.5. The third-order valence-electron chi connectivity index (χ3n) is 7.63. The van der Waals surface area contributed by atoms with Gasteiger partial charge in [0.15, 0.2) is 6.29 Å². The molecule has 7 atom stereocenters. The highest BCUT2D eigenvalue weighted by Gasteiger charge is 2.58. The number of hydrogen-bond acceptors (Lipinski definition) is 5. The van der Waals surface area contributed by atoms with E-state index in [-0.39, 0.29) is 35.8 Å². The number of hydrogen-bond donors (Lipinski definition) is 0. The summed E-state index contributed by atoms with van der Waals surface area (Å²) < 4.78 is 23.4. The van der Waals surface area contributed by atoms with Gasteiger partial charge in [0.1, 0.15) is 6.10 Å². The summed E-state index contributed by atoms with van der Waals surface area (Å²) in [6.45, 7) is 9.00. The monoisotopic (exact) mass is 366 g/mol. The molecule has 4 rings (SSSR count). The zero-order valence-electron chi connectivity index (χ0n) is 16.4. The van der Waals surface area contributed by atoms with Crippen LogP contribution in [0.5, 0.6) is 0 Å². The molecule has 2 saturated heterocycles. The Bertz CT molecular complexity index is 517. The molecule has 0 unspecified atom stereocenters. The lowest BCUT2D eigenvalue weighted by Gasteiger charge is -2.54. The summed E-state index contributed by atoms with van der Waals surface area (Å²) in [5, 5.41) is 0. The molecule has 0 aromatic carbocycles. The third-order valence-corrected chi connectivity index (χ3v) is 7.63. The van der Waals surface area contributed by atoms with Crippen molar-refractivity contribution in [1.82, 2.24) is 0 Å². The molecule has 5 heteroatoms. The lowest BCUT2D eigenvalue weighted by molar-refractivity contribution is -0.194. The molecule has 2 heterocycles. The predicted octanol–water partition coefficient (Wildman–Crippen LogP) is 3.55. The summed E-state index contributed by atoms with van der Waals surface area (Å²) in [5.41, 5.74) is 0.278. The van der Waals surface area contributed by atoms with Crippen molar-refractivity contribution in [3.63, 3.8) is 0 Å². The second kappa shape index (κ2) is 7.40. The molecule has 0 amide bonds. The first-order chi connectivity index (χ1) is 12.5. The van der Waals surface area contributed by atoms with Crippen LogP contribution in [0.15, 0.2) is 0 Å². The summed E-state index contributed by atoms with van der Waals surface area (Å²) in [6, 6.07) is 0. The largest absolute Gasteiger partial charge is 0.462 e. The molecule has 2 aliphatic heterocycles. The van der Waals surface area contributed by atoms with Gasteiger partial charge in [-0.2, -0.15) is 0 Å². The van der Waals surface area contributed by atoms with E-state index < -0.39 is 0 Å². The van der Waals surface area contributed by atoms with E-state index in [1.165, 1.54) is 6.42 Å². The zero-order valence-corrected chi connectivity index (χ0v) is 16.4. The van der Waals surface area contributed by atoms with Gasteiger partial charge in [0.05, 0.1) is 31.8 Å². The number of ether oxygens (including phenoxy) is 4. The van der Waals surface area contributed by atoms with Gasteiger partial charge in [0, 0.05) is 18.3 Å². The van der Waals surface area contributed by atoms with Crippen LogP contribution in [0.4, 0.5) is 0 Å². The third kappa shape index (κ3) is 3.31. The Balaban J connectivity index is 1.38. The van der Waals surface area contributed by atoms with E-state index in [1.807, 2.05) is 6.92 Å². The van der Waals surface area contributed by atoms with Gasteiger partial charge in [0.2, 0.25) is 0 Å². The van der Waals surface area contributed by atoms with E-state index in [0.717, 1.165) is 45.3 Å². The molecule has 5 nitrogen and oxygen atoms in total. The normalized spacial score (nSPS) is 46.5. The smallest absolute Gasteiger partial charge is 0.309 e. The molecule has 2 saturated carbocycles. The quantitative estimate of drug-likeness (QED) is 0.712. The van der Waals surface area contributed by atoms with Gasteiger partial charge in [-0.25, -0.2) is 0 Å². The van der Waals surface area contributed by atoms with Gasteiger partial charge in [-0.05, 0) is 43.4 Å². The molecule has 4 fully saturated rings. The summed E-state index contributed by atoms with van der Waals surface area (Å²) in [6.07, 6.45) is 6.59. The molecule has 0 aromatic heterocycles. The molecule has 2 aliphatic carbocycles. The zero-order chi connectivity index (χ0) is 18.3. The Kier molecular flexibility index (Phi) is 5.32. The second-order valence-electron chi connectivity index (χ2n) is 9.19. The van der Waals surface area contributed by atoms with Crippen molar-refractivity contribution < 1.29 is 23.7 Å². The number of rotatable bonds is 4. The molecule has 148 valence electrons. The fourth-order valence-electron chi connectivity index (χ4n) is 6.05. The lowest BCUT2D eigenvalue weighted by Crippen LogP contribution is -2.53. The lowest BCUT2D eigenvalue weighted by atomic mass is 9.52. The van der Waals surface area contributed by atoms with Crippen molar-refractivity contribution in [3.05, 3.63) is 0 Å². The molecule has 0 N–H and O–H groups in total. The Morgan fingerprint density at radius 3 is 2.65 bits per heavy atom. The topological polar surface area (TPSA) is 54.0 Å². The van der Waals surface area contributed by atoms with E-state index >= 15 is 0 Å². The van der Waals surface area contributed by atoms with Gasteiger partial charge in [-0.15, -0.1) is 0 Å². The molecular formula is C21H34O5. The van der Waals surface area contributed by atoms with Gasteiger partial charge >= 0.3 is 5.97 Å². The highest BCUT2D eigenvalue weighted by molar-refractivity contribution is 5.75. The van der Waals surface area contributed by atoms with Gasteiger partial charge in [-0.3, -0.25) is 4.79 Å². The van der Waals surface area contributed by atoms with Crippen LogP contribution >= 0.6 is 0 Å². The fourth-order valence-corrected chi connectivity index (χ4v) is 6.05. The highest BCUT2D eigenvalue weighted by atomic mass is 16.7. The van der Waals surface area contributed by atoms with Gasteiger partial charge in [-0.1, -0.05) is 20.8 Å².